The number of carboxylic acid groups (broad SMARTS) is 1. The van der Waals surface area contributed by atoms with E-state index in [1.54, 1.807) is 0 Å². The summed E-state index contributed by atoms with van der Waals surface area (Å²) in [6.07, 6.45) is 2.10. The second-order valence-electron chi connectivity index (χ2n) is 6.49. The lowest BCUT2D eigenvalue weighted by atomic mass is 10.1. The Bertz CT molecular complexity index is 804. The number of rotatable bonds is 6. The van der Waals surface area contributed by atoms with Gasteiger partial charge in [0.2, 0.25) is 10.0 Å². The summed E-state index contributed by atoms with van der Waals surface area (Å²) in [5.74, 6) is -2.21. The van der Waals surface area contributed by atoms with Gasteiger partial charge < -0.3 is 15.5 Å². The van der Waals surface area contributed by atoms with Gasteiger partial charge in [-0.05, 0) is 38.0 Å². The summed E-state index contributed by atoms with van der Waals surface area (Å²) in [5.41, 5.74) is -0.0558. The van der Waals surface area contributed by atoms with Crippen LogP contribution in [0.25, 0.3) is 0 Å². The Balaban J connectivity index is 2.32. The van der Waals surface area contributed by atoms with Crippen LogP contribution in [0.5, 0.6) is 0 Å². The molecule has 3 N–H and O–H groups in total. The van der Waals surface area contributed by atoms with Crippen molar-refractivity contribution in [3.63, 3.8) is 0 Å². The van der Waals surface area contributed by atoms with Gasteiger partial charge in [0.25, 0.3) is 5.91 Å². The van der Waals surface area contributed by atoms with E-state index in [2.05, 4.69) is 5.32 Å². The van der Waals surface area contributed by atoms with Gasteiger partial charge in [0.15, 0.2) is 6.04 Å². The number of carbonyl (C=O) groups is 2. The maximum absolute atomic E-state index is 12.9. The number of carbonyl (C=O) groups excluding carboxylic acids is 1. The van der Waals surface area contributed by atoms with E-state index in [0.717, 1.165) is 31.7 Å². The third-order valence-electron chi connectivity index (χ3n) is 4.41. The Morgan fingerprint density at radius 3 is 2.30 bits per heavy atom. The molecule has 0 saturated carbocycles. The Kier molecular flexibility index (Phi) is 7.21. The first kappa shape index (κ1) is 21.6. The van der Waals surface area contributed by atoms with E-state index in [9.17, 15) is 23.1 Å². The maximum atomic E-state index is 12.9. The molecule has 8 nitrogen and oxygen atoms in total. The smallest absolute Gasteiger partial charge is 0.328 e. The quantitative estimate of drug-likeness (QED) is 0.642. The molecule has 1 aliphatic rings. The van der Waals surface area contributed by atoms with Crippen molar-refractivity contribution in [3.8, 4) is 0 Å². The Morgan fingerprint density at radius 1 is 1.19 bits per heavy atom. The lowest BCUT2D eigenvalue weighted by Gasteiger charge is -2.21. The molecule has 0 unspecified atom stereocenters. The normalized spacial score (nSPS) is 18.3. The molecule has 10 heteroatoms. The van der Waals surface area contributed by atoms with Crippen LogP contribution in [0.2, 0.25) is 5.02 Å². The Morgan fingerprint density at radius 2 is 1.78 bits per heavy atom. The van der Waals surface area contributed by atoms with Crippen LogP contribution >= 0.6 is 11.6 Å². The van der Waals surface area contributed by atoms with Crippen molar-refractivity contribution in [2.45, 2.75) is 49.6 Å². The van der Waals surface area contributed by atoms with Gasteiger partial charge in [-0.3, -0.25) is 4.79 Å². The molecule has 2 atom stereocenters. The van der Waals surface area contributed by atoms with Crippen LogP contribution in [0.15, 0.2) is 23.1 Å². The van der Waals surface area contributed by atoms with Crippen LogP contribution in [-0.4, -0.2) is 60.0 Å². The molecule has 1 fully saturated rings. The number of halogens is 1. The summed E-state index contributed by atoms with van der Waals surface area (Å²) in [6, 6.07) is 2.22. The molecule has 0 spiro atoms. The van der Waals surface area contributed by atoms with Crippen molar-refractivity contribution >= 4 is 33.5 Å². The first-order chi connectivity index (χ1) is 12.6. The standard InChI is InChI=1S/C17H23ClN2O6S/c1-11(21)15(17(23)24)19-16(22)12-6-7-13(18)14(10-12)27(25,26)20-8-4-2-3-5-9-20/h6-7,10-11,15,21H,2-5,8-9H2,1H3,(H,19,22)(H,23,24)/t11-,15+/m1/s1. The van der Waals surface area contributed by atoms with E-state index in [1.807, 2.05) is 0 Å². The minimum Gasteiger partial charge on any atom is -0.480 e. The van der Waals surface area contributed by atoms with Gasteiger partial charge in [-0.1, -0.05) is 24.4 Å². The number of nitrogens with zero attached hydrogens (tertiary/aromatic N) is 1. The number of aliphatic hydroxyl groups is 1. The number of amides is 1. The lowest BCUT2D eigenvalue weighted by molar-refractivity contribution is -0.141. The molecule has 0 aliphatic carbocycles. The van der Waals surface area contributed by atoms with Crippen molar-refractivity contribution < 1.29 is 28.2 Å². The zero-order valence-corrected chi connectivity index (χ0v) is 16.5. The van der Waals surface area contributed by atoms with E-state index in [0.29, 0.717) is 13.1 Å². The number of carboxylic acids is 1. The summed E-state index contributed by atoms with van der Waals surface area (Å²) in [6.45, 7) is 2.01. The predicted octanol–water partition coefficient (Wildman–Crippen LogP) is 1.47. The molecule has 2 rings (SSSR count). The van der Waals surface area contributed by atoms with Crippen LogP contribution in [0, 0.1) is 0 Å². The Labute approximate surface area is 163 Å². The summed E-state index contributed by atoms with van der Waals surface area (Å²) >= 11 is 6.08. The second-order valence-corrected chi connectivity index (χ2v) is 8.81. The van der Waals surface area contributed by atoms with Crippen molar-refractivity contribution in [2.75, 3.05) is 13.1 Å². The summed E-state index contributed by atoms with van der Waals surface area (Å²) in [4.78, 5) is 23.3. The number of hydrogen-bond acceptors (Lipinski definition) is 5. The highest BCUT2D eigenvalue weighted by molar-refractivity contribution is 7.89. The summed E-state index contributed by atoms with van der Waals surface area (Å²) in [7, 11) is -3.88. The molecule has 1 amide bonds. The fourth-order valence-corrected chi connectivity index (χ4v) is 4.89. The average Bonchev–Trinajstić information content (AvgIpc) is 2.89. The SMILES string of the molecule is C[C@@H](O)[C@H](NC(=O)c1ccc(Cl)c(S(=O)(=O)N2CCCCCC2)c1)C(=O)O. The molecular formula is C17H23ClN2O6S. The van der Waals surface area contributed by atoms with Crippen molar-refractivity contribution in [1.82, 2.24) is 9.62 Å². The molecule has 1 aromatic rings. The topological polar surface area (TPSA) is 124 Å². The first-order valence-corrected chi connectivity index (χ1v) is 10.5. The van der Waals surface area contributed by atoms with Gasteiger partial charge in [0, 0.05) is 18.7 Å². The Hall–Kier alpha value is -1.68. The molecular weight excluding hydrogens is 396 g/mol. The lowest BCUT2D eigenvalue weighted by Crippen LogP contribution is -2.47. The molecule has 0 aromatic heterocycles. The first-order valence-electron chi connectivity index (χ1n) is 8.66. The highest BCUT2D eigenvalue weighted by Gasteiger charge is 2.29. The van der Waals surface area contributed by atoms with Crippen LogP contribution < -0.4 is 5.32 Å². The summed E-state index contributed by atoms with van der Waals surface area (Å²) < 4.78 is 27.3. The zero-order valence-electron chi connectivity index (χ0n) is 14.9. The molecule has 0 radical (unpaired) electrons. The minimum absolute atomic E-state index is 0.0129. The van der Waals surface area contributed by atoms with Gasteiger partial charge in [0.05, 0.1) is 11.1 Å². The third-order valence-corrected chi connectivity index (χ3v) is 6.79. The van der Waals surface area contributed by atoms with Crippen LogP contribution in [0.3, 0.4) is 0 Å². The molecule has 150 valence electrons. The van der Waals surface area contributed by atoms with Gasteiger partial charge in [-0.15, -0.1) is 0 Å². The van der Waals surface area contributed by atoms with Crippen LogP contribution in [-0.2, 0) is 14.8 Å². The number of nitrogens with one attached hydrogen (secondary N) is 1. The molecule has 1 heterocycles. The fourth-order valence-electron chi connectivity index (χ4n) is 2.88. The predicted molar refractivity (Wildman–Crippen MR) is 99.2 cm³/mol. The van der Waals surface area contributed by atoms with Crippen LogP contribution in [0.4, 0.5) is 0 Å². The number of aliphatic carboxylic acids is 1. The number of benzene rings is 1. The number of hydrogen-bond donors (Lipinski definition) is 3. The van der Waals surface area contributed by atoms with Crippen LogP contribution in [0.1, 0.15) is 43.0 Å². The van der Waals surface area contributed by atoms with Gasteiger partial charge in [-0.25, -0.2) is 13.2 Å². The molecule has 1 aromatic carbocycles. The van der Waals surface area contributed by atoms with E-state index in [-0.39, 0.29) is 15.5 Å². The third kappa shape index (κ3) is 5.19. The highest BCUT2D eigenvalue weighted by Crippen LogP contribution is 2.27. The molecule has 1 saturated heterocycles. The van der Waals surface area contributed by atoms with E-state index in [4.69, 9.17) is 16.7 Å². The van der Waals surface area contributed by atoms with Gasteiger partial charge in [0.1, 0.15) is 4.90 Å². The van der Waals surface area contributed by atoms with E-state index >= 15 is 0 Å². The van der Waals surface area contributed by atoms with Crippen molar-refractivity contribution in [1.29, 1.82) is 0 Å². The monoisotopic (exact) mass is 418 g/mol. The molecule has 27 heavy (non-hydrogen) atoms. The zero-order chi connectivity index (χ0) is 20.2. The van der Waals surface area contributed by atoms with E-state index < -0.39 is 34.0 Å². The number of aliphatic hydroxyl groups excluding tert-OH is 1. The van der Waals surface area contributed by atoms with Crippen molar-refractivity contribution in [3.05, 3.63) is 28.8 Å². The van der Waals surface area contributed by atoms with Crippen molar-refractivity contribution in [2.24, 2.45) is 0 Å². The minimum atomic E-state index is -3.88. The largest absolute Gasteiger partial charge is 0.480 e. The molecule has 0 bridgehead atoms. The second kappa shape index (κ2) is 9.01. The maximum Gasteiger partial charge on any atom is 0.328 e. The highest BCUT2D eigenvalue weighted by atomic mass is 35.5. The molecule has 1 aliphatic heterocycles. The van der Waals surface area contributed by atoms with E-state index in [1.165, 1.54) is 23.4 Å². The number of sulfonamides is 1. The summed E-state index contributed by atoms with van der Waals surface area (Å²) in [5, 5.41) is 20.7. The fraction of sp³-hybridized carbons (Fsp3) is 0.529. The van der Waals surface area contributed by atoms with Gasteiger partial charge >= 0.3 is 5.97 Å². The average molecular weight is 419 g/mol. The van der Waals surface area contributed by atoms with Gasteiger partial charge in [-0.2, -0.15) is 4.31 Å².